The minimum atomic E-state index is 0. The number of hydrogen-bond donors (Lipinski definition) is 0. The van der Waals surface area contributed by atoms with Crippen molar-refractivity contribution in [3.8, 4) is 0 Å². The van der Waals surface area contributed by atoms with Crippen molar-refractivity contribution in [2.45, 2.75) is 0 Å². The molecule has 40 valence electrons. The van der Waals surface area contributed by atoms with Crippen LogP contribution in [0.15, 0.2) is 15.9 Å². The Labute approximate surface area is 87.7 Å². The molecular formula is C4H2Br2MgS. The van der Waals surface area contributed by atoms with Crippen LogP contribution < -0.4 is 17.0 Å². The van der Waals surface area contributed by atoms with Crippen molar-refractivity contribution in [1.29, 1.82) is 0 Å². The summed E-state index contributed by atoms with van der Waals surface area (Å²) in [5.41, 5.74) is 0. The van der Waals surface area contributed by atoms with Crippen LogP contribution in [-0.4, -0.2) is 23.1 Å². The van der Waals surface area contributed by atoms with Gasteiger partial charge in [-0.15, -0.1) is 5.38 Å². The van der Waals surface area contributed by atoms with Crippen molar-refractivity contribution in [3.05, 3.63) is 21.3 Å². The number of halogens is 2. The first-order chi connectivity index (χ1) is 2.89. The molecule has 0 spiro atoms. The van der Waals surface area contributed by atoms with Gasteiger partial charge >= 0.3 is 23.1 Å². The molecule has 1 aromatic rings. The Morgan fingerprint density at radius 2 is 2.25 bits per heavy atom. The fourth-order valence-electron chi connectivity index (χ4n) is 0.218. The number of rotatable bonds is 0. The first-order valence-corrected chi connectivity index (χ1v) is 3.17. The summed E-state index contributed by atoms with van der Waals surface area (Å²) in [6.45, 7) is 0. The second-order valence-electron chi connectivity index (χ2n) is 0.871. The minimum absolute atomic E-state index is 0. The van der Waals surface area contributed by atoms with E-state index in [2.05, 4.69) is 21.3 Å². The van der Waals surface area contributed by atoms with Crippen LogP contribution in [0.3, 0.4) is 0 Å². The summed E-state index contributed by atoms with van der Waals surface area (Å²) in [4.78, 5) is 0. The molecule has 0 aliphatic heterocycles. The van der Waals surface area contributed by atoms with Crippen molar-refractivity contribution >= 4 is 50.3 Å². The van der Waals surface area contributed by atoms with Crippen LogP contribution in [0.25, 0.3) is 0 Å². The molecular weight excluding hydrogens is 264 g/mol. The van der Waals surface area contributed by atoms with E-state index < -0.39 is 0 Å². The molecule has 0 bridgehead atoms. The van der Waals surface area contributed by atoms with Crippen LogP contribution in [0, 0.1) is 5.38 Å². The van der Waals surface area contributed by atoms with E-state index in [-0.39, 0.29) is 40.0 Å². The molecule has 4 heteroatoms. The van der Waals surface area contributed by atoms with E-state index in [1.165, 1.54) is 0 Å². The zero-order valence-electron chi connectivity index (χ0n) is 4.03. The predicted octanol–water partition coefficient (Wildman–Crippen LogP) is -1.07. The van der Waals surface area contributed by atoms with Crippen LogP contribution in [-0.2, 0) is 0 Å². The minimum Gasteiger partial charge on any atom is -1.00 e. The van der Waals surface area contributed by atoms with Gasteiger partial charge in [0.1, 0.15) is 0 Å². The first-order valence-electron chi connectivity index (χ1n) is 1.50. The van der Waals surface area contributed by atoms with Crippen LogP contribution in [0.2, 0.25) is 0 Å². The largest absolute Gasteiger partial charge is 2.00 e. The Bertz CT molecular complexity index is 118. The third-order valence-corrected chi connectivity index (χ3v) is 1.77. The van der Waals surface area contributed by atoms with Gasteiger partial charge in [0, 0.05) is 0 Å². The summed E-state index contributed by atoms with van der Waals surface area (Å²) in [7, 11) is 0. The molecule has 0 radical (unpaired) electrons. The van der Waals surface area contributed by atoms with E-state index >= 15 is 0 Å². The fourth-order valence-corrected chi connectivity index (χ4v) is 1.26. The van der Waals surface area contributed by atoms with E-state index in [0.29, 0.717) is 0 Å². The van der Waals surface area contributed by atoms with Crippen molar-refractivity contribution in [1.82, 2.24) is 0 Å². The Morgan fingerprint density at radius 1 is 1.62 bits per heavy atom. The summed E-state index contributed by atoms with van der Waals surface area (Å²) in [5.74, 6) is 0. The monoisotopic (exact) mass is 264 g/mol. The molecule has 0 saturated heterocycles. The maximum atomic E-state index is 3.24. The van der Waals surface area contributed by atoms with Crippen molar-refractivity contribution in [2.24, 2.45) is 0 Å². The zero-order chi connectivity index (χ0) is 4.41. The van der Waals surface area contributed by atoms with Gasteiger partial charge in [0.25, 0.3) is 0 Å². The smallest absolute Gasteiger partial charge is 1.00 e. The molecule has 0 aliphatic carbocycles. The fraction of sp³-hybridized carbons (Fsp3) is 0. The summed E-state index contributed by atoms with van der Waals surface area (Å²) in [5, 5.41) is 4.93. The molecule has 0 amide bonds. The van der Waals surface area contributed by atoms with Gasteiger partial charge in [-0.05, 0) is 0 Å². The van der Waals surface area contributed by atoms with Gasteiger partial charge in [0.05, 0.1) is 0 Å². The Balaban J connectivity index is 0. The molecule has 0 nitrogen and oxygen atoms in total. The molecule has 1 heterocycles. The molecule has 0 N–H and O–H groups in total. The Morgan fingerprint density at radius 3 is 2.38 bits per heavy atom. The molecule has 8 heavy (non-hydrogen) atoms. The maximum absolute atomic E-state index is 3.24. The molecule has 0 aromatic carbocycles. The molecule has 0 fully saturated rings. The number of thiophene rings is 1. The maximum Gasteiger partial charge on any atom is 2.00 e. The van der Waals surface area contributed by atoms with Gasteiger partial charge in [0.15, 0.2) is 0 Å². The first kappa shape index (κ1) is 12.1. The SMILES string of the molecule is Brc1[c-]scc1.[Br-].[Mg+2]. The molecule has 0 saturated carbocycles. The summed E-state index contributed by atoms with van der Waals surface area (Å²) in [6.07, 6.45) is 0. The Hall–Kier alpha value is 1.43. The van der Waals surface area contributed by atoms with E-state index in [9.17, 15) is 0 Å². The van der Waals surface area contributed by atoms with E-state index in [0.717, 1.165) is 4.47 Å². The molecule has 0 aliphatic rings. The van der Waals surface area contributed by atoms with Gasteiger partial charge in [-0.1, -0.05) is 20.4 Å². The van der Waals surface area contributed by atoms with E-state index in [1.807, 2.05) is 11.4 Å². The van der Waals surface area contributed by atoms with Crippen LogP contribution in [0.5, 0.6) is 0 Å². The second-order valence-corrected chi connectivity index (χ2v) is 2.44. The third kappa shape index (κ3) is 4.32. The summed E-state index contributed by atoms with van der Waals surface area (Å²) in [6, 6.07) is 1.96. The zero-order valence-corrected chi connectivity index (χ0v) is 9.43. The molecule has 0 atom stereocenters. The third-order valence-electron chi connectivity index (χ3n) is 0.439. The van der Waals surface area contributed by atoms with Gasteiger partial charge < -0.3 is 28.3 Å². The van der Waals surface area contributed by atoms with Crippen molar-refractivity contribution < 1.29 is 17.0 Å². The standard InChI is InChI=1S/C4H2BrS.BrH.Mg/c5-4-1-2-6-3-4;;/h1-2H;1H;/q-1;;+2/p-1. The summed E-state index contributed by atoms with van der Waals surface area (Å²) < 4.78 is 1.05. The van der Waals surface area contributed by atoms with Crippen molar-refractivity contribution in [3.63, 3.8) is 0 Å². The second kappa shape index (κ2) is 6.54. The summed E-state index contributed by atoms with van der Waals surface area (Å²) >= 11 is 4.80. The predicted molar refractivity (Wildman–Crippen MR) is 36.6 cm³/mol. The van der Waals surface area contributed by atoms with Crippen LogP contribution >= 0.6 is 27.3 Å². The average Bonchev–Trinajstić information content (AvgIpc) is 1.86. The van der Waals surface area contributed by atoms with Gasteiger partial charge in [0.2, 0.25) is 0 Å². The van der Waals surface area contributed by atoms with Crippen LogP contribution in [0.1, 0.15) is 0 Å². The van der Waals surface area contributed by atoms with Gasteiger partial charge in [-0.3, -0.25) is 0 Å². The molecule has 1 aromatic heterocycles. The quantitative estimate of drug-likeness (QED) is 0.414. The number of hydrogen-bond acceptors (Lipinski definition) is 1. The molecule has 1 rings (SSSR count). The topological polar surface area (TPSA) is 0 Å². The van der Waals surface area contributed by atoms with Crippen molar-refractivity contribution in [2.75, 3.05) is 0 Å². The van der Waals surface area contributed by atoms with Crippen LogP contribution in [0.4, 0.5) is 0 Å². The van der Waals surface area contributed by atoms with E-state index in [4.69, 9.17) is 0 Å². The average molecular weight is 266 g/mol. The van der Waals surface area contributed by atoms with Gasteiger partial charge in [-0.25, -0.2) is 0 Å². The van der Waals surface area contributed by atoms with E-state index in [1.54, 1.807) is 11.3 Å². The van der Waals surface area contributed by atoms with Gasteiger partial charge in [-0.2, -0.15) is 11.4 Å². The normalized spacial score (nSPS) is 6.62. The Kier molecular flexibility index (Phi) is 9.93. The molecule has 0 unspecified atom stereocenters.